The lowest BCUT2D eigenvalue weighted by molar-refractivity contribution is 0.0494. The number of rotatable bonds is 2. The van der Waals surface area contributed by atoms with Gasteiger partial charge < -0.3 is 14.8 Å². The molecule has 1 saturated heterocycles. The molecular weight excluding hydrogens is 344 g/mol. The van der Waals surface area contributed by atoms with Gasteiger partial charge in [0.05, 0.1) is 18.8 Å². The van der Waals surface area contributed by atoms with Crippen LogP contribution < -0.4 is 19.7 Å². The number of thiocarbonyl (C=S) groups is 1. The van der Waals surface area contributed by atoms with Crippen molar-refractivity contribution in [2.45, 2.75) is 25.1 Å². The Labute approximate surface area is 151 Å². The van der Waals surface area contributed by atoms with Gasteiger partial charge in [-0.3, -0.25) is 4.90 Å². The van der Waals surface area contributed by atoms with E-state index in [0.717, 1.165) is 23.4 Å². The van der Waals surface area contributed by atoms with Crippen LogP contribution in [0, 0.1) is 0 Å². The number of nitrogens with one attached hydrogen (secondary N) is 1. The van der Waals surface area contributed by atoms with Crippen molar-refractivity contribution in [2.75, 3.05) is 12.0 Å². The number of fused-ring (bicyclic) bond motifs is 4. The lowest BCUT2D eigenvalue weighted by Crippen LogP contribution is -2.65. The molecule has 2 aromatic rings. The van der Waals surface area contributed by atoms with E-state index >= 15 is 0 Å². The third kappa shape index (κ3) is 2.31. The third-order valence-corrected chi connectivity index (χ3v) is 5.10. The van der Waals surface area contributed by atoms with Crippen molar-refractivity contribution < 1.29 is 9.47 Å². The summed E-state index contributed by atoms with van der Waals surface area (Å²) in [6.07, 6.45) is 0.764. The van der Waals surface area contributed by atoms with Gasteiger partial charge in [0.15, 0.2) is 10.8 Å². The van der Waals surface area contributed by atoms with Crippen LogP contribution in [0.5, 0.6) is 11.5 Å². The summed E-state index contributed by atoms with van der Waals surface area (Å²) in [6, 6.07) is 13.7. The summed E-state index contributed by atoms with van der Waals surface area (Å²) in [6.45, 7) is 2.05. The van der Waals surface area contributed by atoms with E-state index in [1.807, 2.05) is 42.2 Å². The maximum atomic E-state index is 6.37. The average molecular weight is 361 g/mol. The molecule has 4 rings (SSSR count). The van der Waals surface area contributed by atoms with Crippen molar-refractivity contribution >= 4 is 34.6 Å². The number of para-hydroxylation sites is 1. The molecule has 1 N–H and O–H groups in total. The lowest BCUT2D eigenvalue weighted by atomic mass is 9.90. The zero-order chi connectivity index (χ0) is 16.9. The fourth-order valence-electron chi connectivity index (χ4n) is 3.52. The molecule has 2 bridgehead atoms. The molecule has 4 nitrogen and oxygen atoms in total. The van der Waals surface area contributed by atoms with Crippen LogP contribution in [0.4, 0.5) is 5.69 Å². The number of hydrogen-bond acceptors (Lipinski definition) is 3. The standard InChI is InChI=1S/C18H17ClN2O2S/c1-18-10-13(12-5-3-4-6-15(12)23-18)20-17(24)21(18)14-9-11(19)7-8-16(14)22-2/h3-9,13H,10H2,1-2H3,(H,20,24)/t13-,18+/m1/s1. The summed E-state index contributed by atoms with van der Waals surface area (Å²) in [7, 11) is 1.63. The molecule has 2 atom stereocenters. The highest BCUT2D eigenvalue weighted by Gasteiger charge is 2.48. The molecule has 2 heterocycles. The molecule has 0 spiro atoms. The Bertz CT molecular complexity index is 828. The van der Waals surface area contributed by atoms with Gasteiger partial charge in [0.1, 0.15) is 11.5 Å². The molecule has 24 heavy (non-hydrogen) atoms. The molecule has 0 saturated carbocycles. The van der Waals surface area contributed by atoms with Gasteiger partial charge in [-0.05, 0) is 43.4 Å². The van der Waals surface area contributed by atoms with E-state index in [0.29, 0.717) is 15.9 Å². The maximum absolute atomic E-state index is 6.37. The topological polar surface area (TPSA) is 33.7 Å². The monoisotopic (exact) mass is 360 g/mol. The van der Waals surface area contributed by atoms with Crippen LogP contribution in [0.1, 0.15) is 24.9 Å². The summed E-state index contributed by atoms with van der Waals surface area (Å²) in [5.74, 6) is 1.57. The normalized spacial score (nSPS) is 24.7. The smallest absolute Gasteiger partial charge is 0.188 e. The Kier molecular flexibility index (Phi) is 3.58. The minimum absolute atomic E-state index is 0.133. The van der Waals surface area contributed by atoms with Crippen LogP contribution in [0.25, 0.3) is 0 Å². The van der Waals surface area contributed by atoms with Gasteiger partial charge in [0.25, 0.3) is 0 Å². The SMILES string of the molecule is COc1ccc(Cl)cc1N1C(=S)N[C@@H]2C[C@]1(C)Oc1ccccc12. The average Bonchev–Trinajstić information content (AvgIpc) is 2.54. The van der Waals surface area contributed by atoms with Crippen molar-refractivity contribution in [3.05, 3.63) is 53.1 Å². The quantitative estimate of drug-likeness (QED) is 0.808. The molecule has 0 aromatic heterocycles. The summed E-state index contributed by atoms with van der Waals surface area (Å²) in [4.78, 5) is 1.96. The van der Waals surface area contributed by atoms with Gasteiger partial charge in [-0.1, -0.05) is 29.8 Å². The molecule has 0 unspecified atom stereocenters. The molecule has 0 amide bonds. The van der Waals surface area contributed by atoms with Gasteiger partial charge in [0.2, 0.25) is 0 Å². The Morgan fingerprint density at radius 2 is 2.12 bits per heavy atom. The van der Waals surface area contributed by atoms with Gasteiger partial charge in [-0.15, -0.1) is 0 Å². The zero-order valence-electron chi connectivity index (χ0n) is 13.4. The van der Waals surface area contributed by atoms with E-state index in [2.05, 4.69) is 11.4 Å². The maximum Gasteiger partial charge on any atom is 0.188 e. The largest absolute Gasteiger partial charge is 0.495 e. The van der Waals surface area contributed by atoms with Crippen LogP contribution >= 0.6 is 23.8 Å². The number of anilines is 1. The van der Waals surface area contributed by atoms with Gasteiger partial charge in [-0.2, -0.15) is 0 Å². The number of methoxy groups -OCH3 is 1. The highest BCUT2D eigenvalue weighted by atomic mass is 35.5. The summed E-state index contributed by atoms with van der Waals surface area (Å²) in [5.41, 5.74) is 1.32. The predicted molar refractivity (Wildman–Crippen MR) is 99.0 cm³/mol. The van der Waals surface area contributed by atoms with E-state index in [4.69, 9.17) is 33.3 Å². The Morgan fingerprint density at radius 1 is 1.33 bits per heavy atom. The molecule has 2 aromatic carbocycles. The minimum atomic E-state index is -0.612. The number of ether oxygens (including phenoxy) is 2. The van der Waals surface area contributed by atoms with Crippen LogP contribution in [0.2, 0.25) is 5.02 Å². The summed E-state index contributed by atoms with van der Waals surface area (Å²) in [5, 5.41) is 4.65. The van der Waals surface area contributed by atoms with Gasteiger partial charge >= 0.3 is 0 Å². The molecule has 124 valence electrons. The second-order valence-electron chi connectivity index (χ2n) is 6.17. The van der Waals surface area contributed by atoms with E-state index in [1.54, 1.807) is 13.2 Å². The first-order chi connectivity index (χ1) is 11.5. The second-order valence-corrected chi connectivity index (χ2v) is 7.00. The lowest BCUT2D eigenvalue weighted by Gasteiger charge is -2.52. The Morgan fingerprint density at radius 3 is 2.92 bits per heavy atom. The number of hydrogen-bond donors (Lipinski definition) is 1. The zero-order valence-corrected chi connectivity index (χ0v) is 14.9. The van der Waals surface area contributed by atoms with E-state index < -0.39 is 5.72 Å². The summed E-state index contributed by atoms with van der Waals surface area (Å²) < 4.78 is 11.9. The molecule has 0 aliphatic carbocycles. The molecular formula is C18H17ClN2O2S. The minimum Gasteiger partial charge on any atom is -0.495 e. The van der Waals surface area contributed by atoms with E-state index in [1.165, 1.54) is 0 Å². The Hall–Kier alpha value is -1.98. The second kappa shape index (κ2) is 5.53. The van der Waals surface area contributed by atoms with Gasteiger partial charge in [0, 0.05) is 17.0 Å². The molecule has 2 aliphatic rings. The predicted octanol–water partition coefficient (Wildman–Crippen LogP) is 4.28. The van der Waals surface area contributed by atoms with Crippen molar-refractivity contribution in [3.8, 4) is 11.5 Å². The van der Waals surface area contributed by atoms with Crippen molar-refractivity contribution in [2.24, 2.45) is 0 Å². The molecule has 2 aliphatic heterocycles. The van der Waals surface area contributed by atoms with Crippen LogP contribution in [0.15, 0.2) is 42.5 Å². The van der Waals surface area contributed by atoms with Crippen LogP contribution in [0.3, 0.4) is 0 Å². The first-order valence-electron chi connectivity index (χ1n) is 7.74. The van der Waals surface area contributed by atoms with Crippen LogP contribution in [-0.4, -0.2) is 17.9 Å². The first-order valence-corrected chi connectivity index (χ1v) is 8.53. The van der Waals surface area contributed by atoms with Crippen molar-refractivity contribution in [1.82, 2.24) is 5.32 Å². The van der Waals surface area contributed by atoms with Crippen molar-refractivity contribution in [3.63, 3.8) is 0 Å². The highest BCUT2D eigenvalue weighted by molar-refractivity contribution is 7.80. The highest BCUT2D eigenvalue weighted by Crippen LogP contribution is 2.47. The number of nitrogens with zero attached hydrogens (tertiary/aromatic N) is 1. The molecule has 1 fully saturated rings. The van der Waals surface area contributed by atoms with Gasteiger partial charge in [-0.25, -0.2) is 0 Å². The first kappa shape index (κ1) is 15.5. The van der Waals surface area contributed by atoms with E-state index in [9.17, 15) is 0 Å². The molecule has 6 heteroatoms. The van der Waals surface area contributed by atoms with Crippen molar-refractivity contribution in [1.29, 1.82) is 0 Å². The Balaban J connectivity index is 1.84. The number of halogens is 1. The number of benzene rings is 2. The fraction of sp³-hybridized carbons (Fsp3) is 0.278. The third-order valence-electron chi connectivity index (χ3n) is 4.56. The fourth-order valence-corrected chi connectivity index (χ4v) is 4.12. The molecule has 0 radical (unpaired) electrons. The summed E-state index contributed by atoms with van der Waals surface area (Å²) >= 11 is 11.9. The van der Waals surface area contributed by atoms with E-state index in [-0.39, 0.29) is 6.04 Å². The van der Waals surface area contributed by atoms with Crippen LogP contribution in [-0.2, 0) is 0 Å².